The van der Waals surface area contributed by atoms with Crippen molar-refractivity contribution < 1.29 is 18.0 Å². The summed E-state index contributed by atoms with van der Waals surface area (Å²) in [5, 5.41) is 0.936. The molecule has 0 aromatic heterocycles. The van der Waals surface area contributed by atoms with E-state index in [0.717, 1.165) is 15.4 Å². The molecule has 182 valence electrons. The van der Waals surface area contributed by atoms with Crippen molar-refractivity contribution in [1.82, 2.24) is 4.72 Å². The molecule has 0 radical (unpaired) electrons. The molecule has 3 aromatic carbocycles. The number of para-hydroxylation sites is 1. The second-order valence-corrected chi connectivity index (χ2v) is 10.3. The molecule has 0 heterocycles. The average molecular weight is 555 g/mol. The molecule has 0 aliphatic rings. The predicted molar refractivity (Wildman–Crippen MR) is 143 cm³/mol. The number of carbonyl (C=O) groups excluding carboxylic acids is 2. The molecule has 6 nitrogen and oxygen atoms in total. The molecular weight excluding hydrogens is 528 g/mol. The van der Waals surface area contributed by atoms with E-state index >= 15 is 0 Å². The van der Waals surface area contributed by atoms with Crippen LogP contribution in [-0.4, -0.2) is 26.8 Å². The van der Waals surface area contributed by atoms with Gasteiger partial charge in [0.25, 0.3) is 10.0 Å². The summed E-state index contributed by atoms with van der Waals surface area (Å²) >= 11 is 3.39. The quantitative estimate of drug-likeness (QED) is 0.350. The van der Waals surface area contributed by atoms with Crippen LogP contribution >= 0.6 is 15.9 Å². The highest BCUT2D eigenvalue weighted by molar-refractivity contribution is 9.10. The smallest absolute Gasteiger partial charge is 0.257 e. The van der Waals surface area contributed by atoms with Gasteiger partial charge in [0.1, 0.15) is 5.92 Å². The Kier molecular flexibility index (Phi) is 9.39. The van der Waals surface area contributed by atoms with Gasteiger partial charge in [-0.15, -0.1) is 0 Å². The maximum atomic E-state index is 13.5. The van der Waals surface area contributed by atoms with Crippen molar-refractivity contribution in [3.05, 3.63) is 106 Å². The first-order chi connectivity index (χ1) is 16.8. The number of carbonyl (C=O) groups is 2. The van der Waals surface area contributed by atoms with Crippen LogP contribution in [0, 0.1) is 5.92 Å². The lowest BCUT2D eigenvalue weighted by Crippen LogP contribution is -2.45. The summed E-state index contributed by atoms with van der Waals surface area (Å²) in [5.41, 5.74) is 2.26. The minimum atomic E-state index is -4.10. The molecule has 0 spiro atoms. The average Bonchev–Trinajstić information content (AvgIpc) is 2.85. The van der Waals surface area contributed by atoms with Crippen molar-refractivity contribution in [1.29, 1.82) is 0 Å². The van der Waals surface area contributed by atoms with E-state index in [-0.39, 0.29) is 6.42 Å². The fourth-order valence-electron chi connectivity index (χ4n) is 3.57. The Morgan fingerprint density at radius 1 is 0.943 bits per heavy atom. The zero-order chi connectivity index (χ0) is 25.3. The second-order valence-electron chi connectivity index (χ2n) is 7.86. The lowest BCUT2D eigenvalue weighted by Gasteiger charge is -2.26. The lowest BCUT2D eigenvalue weighted by molar-refractivity contribution is -0.132. The first kappa shape index (κ1) is 26.4. The summed E-state index contributed by atoms with van der Waals surface area (Å²) in [5.74, 6) is -2.48. The third-order valence-corrected chi connectivity index (χ3v) is 6.89. The van der Waals surface area contributed by atoms with Gasteiger partial charge in [-0.2, -0.15) is 0 Å². The molecular formula is C27H27BrN2O4S. The third-order valence-electron chi connectivity index (χ3n) is 5.38. The van der Waals surface area contributed by atoms with E-state index in [9.17, 15) is 18.0 Å². The number of halogens is 1. The first-order valence-electron chi connectivity index (χ1n) is 11.2. The molecule has 3 aromatic rings. The lowest BCUT2D eigenvalue weighted by atomic mass is 9.97. The van der Waals surface area contributed by atoms with Crippen molar-refractivity contribution in [2.75, 3.05) is 11.4 Å². The third kappa shape index (κ3) is 7.90. The number of amides is 2. The van der Waals surface area contributed by atoms with Crippen LogP contribution in [0.25, 0.3) is 6.08 Å². The van der Waals surface area contributed by atoms with E-state index in [1.54, 1.807) is 48.5 Å². The van der Waals surface area contributed by atoms with Gasteiger partial charge in [0, 0.05) is 16.7 Å². The molecule has 0 aliphatic heterocycles. The van der Waals surface area contributed by atoms with Crippen molar-refractivity contribution in [2.24, 2.45) is 5.92 Å². The topological polar surface area (TPSA) is 83.6 Å². The fraction of sp³-hybridized carbons (Fsp3) is 0.185. The van der Waals surface area contributed by atoms with E-state index in [4.69, 9.17) is 0 Å². The Balaban J connectivity index is 1.82. The summed E-state index contributed by atoms with van der Waals surface area (Å²) in [6.45, 7) is 2.15. The number of anilines is 1. The molecule has 35 heavy (non-hydrogen) atoms. The Bertz CT molecular complexity index is 1260. The highest BCUT2D eigenvalue weighted by Gasteiger charge is 2.32. The first-order valence-corrected chi connectivity index (χ1v) is 13.5. The number of sulfonamides is 1. The minimum Gasteiger partial charge on any atom is -0.312 e. The molecule has 3 rings (SSSR count). The predicted octanol–water partition coefficient (Wildman–Crippen LogP) is 5.17. The zero-order valence-corrected chi connectivity index (χ0v) is 21.7. The number of nitrogens with zero attached hydrogens (tertiary/aromatic N) is 1. The number of nitrogens with one attached hydrogen (secondary N) is 1. The van der Waals surface area contributed by atoms with Crippen LogP contribution in [0.3, 0.4) is 0 Å². The van der Waals surface area contributed by atoms with Crippen molar-refractivity contribution in [3.63, 3.8) is 0 Å². The van der Waals surface area contributed by atoms with E-state index in [2.05, 4.69) is 20.7 Å². The minimum absolute atomic E-state index is 0.160. The molecule has 0 saturated carbocycles. The zero-order valence-electron chi connectivity index (χ0n) is 19.3. The van der Waals surface area contributed by atoms with Gasteiger partial charge < -0.3 is 4.90 Å². The summed E-state index contributed by atoms with van der Waals surface area (Å²) in [6.07, 6.45) is 1.99. The van der Waals surface area contributed by atoms with Crippen LogP contribution in [-0.2, 0) is 26.0 Å². The number of hydrogen-bond acceptors (Lipinski definition) is 4. The molecule has 1 atom stereocenters. The van der Waals surface area contributed by atoms with E-state index in [0.29, 0.717) is 24.2 Å². The number of hydrogen-bond donors (Lipinski definition) is 1. The normalized spacial score (nSPS) is 12.3. The molecule has 1 unspecified atom stereocenters. The van der Waals surface area contributed by atoms with E-state index < -0.39 is 27.8 Å². The second kappa shape index (κ2) is 12.5. The molecule has 0 aliphatic carbocycles. The van der Waals surface area contributed by atoms with E-state index in [1.165, 1.54) is 11.0 Å². The number of rotatable bonds is 10. The Labute approximate surface area is 214 Å². The number of benzene rings is 3. The van der Waals surface area contributed by atoms with Gasteiger partial charge in [-0.05, 0) is 61.2 Å². The summed E-state index contributed by atoms with van der Waals surface area (Å²) in [7, 11) is -4.10. The molecule has 0 bridgehead atoms. The summed E-state index contributed by atoms with van der Waals surface area (Å²) in [4.78, 5) is 28.2. The van der Waals surface area contributed by atoms with Crippen LogP contribution in [0.1, 0.15) is 24.5 Å². The van der Waals surface area contributed by atoms with Gasteiger partial charge in [-0.1, -0.05) is 76.6 Å². The van der Waals surface area contributed by atoms with Gasteiger partial charge in [0.2, 0.25) is 11.8 Å². The largest absolute Gasteiger partial charge is 0.312 e. The fourth-order valence-corrected chi connectivity index (χ4v) is 4.66. The summed E-state index contributed by atoms with van der Waals surface area (Å²) in [6, 6.07) is 25.5. The maximum Gasteiger partial charge on any atom is 0.257 e. The van der Waals surface area contributed by atoms with Crippen molar-refractivity contribution in [2.45, 2.75) is 19.8 Å². The molecule has 0 saturated heterocycles. The standard InChI is InChI=1S/C27H27BrN2O4S/c1-2-30(24-11-7-4-8-12-24)27(32)25(18-15-22-13-16-23(28)17-14-22)26(31)29-35(33,34)20-19-21-9-5-3-6-10-21/h3-14,16-17,19-20,25H,2,15,18H2,1H3,(H,29,31). The summed E-state index contributed by atoms with van der Waals surface area (Å²) < 4.78 is 28.2. The SMILES string of the molecule is CCN(C(=O)C(CCc1ccc(Br)cc1)C(=O)NS(=O)(=O)C=Cc1ccccc1)c1ccccc1. The molecule has 1 N–H and O–H groups in total. The Hall–Kier alpha value is -3.23. The number of aryl methyl sites for hydroxylation is 1. The van der Waals surface area contributed by atoms with Crippen LogP contribution in [0.4, 0.5) is 5.69 Å². The highest BCUT2D eigenvalue weighted by Crippen LogP contribution is 2.21. The molecule has 2 amide bonds. The monoisotopic (exact) mass is 554 g/mol. The molecule has 0 fully saturated rings. The van der Waals surface area contributed by atoms with Crippen LogP contribution < -0.4 is 9.62 Å². The van der Waals surface area contributed by atoms with Crippen LogP contribution in [0.5, 0.6) is 0 Å². The molecule has 8 heteroatoms. The van der Waals surface area contributed by atoms with Crippen LogP contribution in [0.15, 0.2) is 94.8 Å². The maximum absolute atomic E-state index is 13.5. The van der Waals surface area contributed by atoms with Gasteiger partial charge in [-0.25, -0.2) is 13.1 Å². The van der Waals surface area contributed by atoms with E-state index in [1.807, 2.05) is 43.3 Å². The highest BCUT2D eigenvalue weighted by atomic mass is 79.9. The van der Waals surface area contributed by atoms with Gasteiger partial charge in [-0.3, -0.25) is 9.59 Å². The van der Waals surface area contributed by atoms with Gasteiger partial charge in [0.05, 0.1) is 5.41 Å². The Morgan fingerprint density at radius 2 is 1.54 bits per heavy atom. The Morgan fingerprint density at radius 3 is 2.14 bits per heavy atom. The van der Waals surface area contributed by atoms with Crippen LogP contribution in [0.2, 0.25) is 0 Å². The van der Waals surface area contributed by atoms with Gasteiger partial charge >= 0.3 is 0 Å². The van der Waals surface area contributed by atoms with Crippen molar-refractivity contribution in [3.8, 4) is 0 Å². The van der Waals surface area contributed by atoms with Gasteiger partial charge in [0.15, 0.2) is 0 Å². The van der Waals surface area contributed by atoms with Crippen molar-refractivity contribution >= 4 is 49.5 Å².